The number of alkyl halides is 3. The number of aliphatic carboxylic acids is 1. The van der Waals surface area contributed by atoms with E-state index < -0.39 is 12.1 Å². The predicted octanol–water partition coefficient (Wildman–Crippen LogP) is 1.96. The van der Waals surface area contributed by atoms with Crippen LogP contribution in [0.1, 0.15) is 33.6 Å². The summed E-state index contributed by atoms with van der Waals surface area (Å²) in [6.07, 6.45) is -3.13. The topological polar surface area (TPSA) is 75.6 Å². The van der Waals surface area contributed by atoms with Gasteiger partial charge in [-0.3, -0.25) is 4.79 Å². The Bertz CT molecular complexity index is 350. The van der Waals surface area contributed by atoms with Gasteiger partial charge < -0.3 is 15.2 Å². The van der Waals surface area contributed by atoms with E-state index in [0.717, 1.165) is 12.8 Å². The summed E-state index contributed by atoms with van der Waals surface area (Å²) >= 11 is 0. The minimum atomic E-state index is -5.08. The summed E-state index contributed by atoms with van der Waals surface area (Å²) in [5, 5.41) is 10.4. The predicted molar refractivity (Wildman–Crippen MR) is 65.1 cm³/mol. The number of halogens is 3. The van der Waals surface area contributed by atoms with Crippen LogP contribution in [0.2, 0.25) is 0 Å². The monoisotopic (exact) mass is 299 g/mol. The average Bonchev–Trinajstić information content (AvgIpc) is 2.76. The Labute approximate surface area is 115 Å². The van der Waals surface area contributed by atoms with Crippen LogP contribution >= 0.6 is 0 Å². The molecule has 1 aliphatic heterocycles. The van der Waals surface area contributed by atoms with Crippen LogP contribution in [0.25, 0.3) is 0 Å². The highest BCUT2D eigenvalue weighted by molar-refractivity contribution is 5.76. The highest BCUT2D eigenvalue weighted by atomic mass is 19.4. The van der Waals surface area contributed by atoms with Crippen LogP contribution in [0, 0.1) is 5.41 Å². The van der Waals surface area contributed by atoms with Gasteiger partial charge in [-0.15, -0.1) is 0 Å². The van der Waals surface area contributed by atoms with E-state index in [9.17, 15) is 18.0 Å². The fourth-order valence-electron chi connectivity index (χ4n) is 1.75. The summed E-state index contributed by atoms with van der Waals surface area (Å²) in [5.41, 5.74) is 0.225. The number of nitrogens with one attached hydrogen (secondary N) is 1. The molecule has 0 aromatic carbocycles. The fraction of sp³-hybridized carbons (Fsp3) is 0.833. The third kappa shape index (κ3) is 6.23. The molecule has 0 spiro atoms. The lowest BCUT2D eigenvalue weighted by Gasteiger charge is -2.27. The van der Waals surface area contributed by atoms with Gasteiger partial charge >= 0.3 is 18.1 Å². The van der Waals surface area contributed by atoms with Crippen molar-refractivity contribution in [3.8, 4) is 0 Å². The number of ether oxygens (including phenoxy) is 1. The molecule has 0 unspecified atom stereocenters. The first kappa shape index (κ1) is 18.7. The Morgan fingerprint density at radius 3 is 1.90 bits per heavy atom. The van der Waals surface area contributed by atoms with Crippen molar-refractivity contribution >= 4 is 11.9 Å². The molecule has 20 heavy (non-hydrogen) atoms. The zero-order chi connectivity index (χ0) is 16.1. The zero-order valence-corrected chi connectivity index (χ0v) is 11.9. The number of rotatable bonds is 1. The maximum Gasteiger partial charge on any atom is 0.490 e. The standard InChI is InChI=1S/C10H19NO2.C2HF3O2/c1-10(2,3)8-6-5-7(11-8)9(12)13-4;3-2(4,5)1(6)7/h7-8,11H,5-6H2,1-4H3;(H,6,7)/t7-,8+;/m0./s1. The van der Waals surface area contributed by atoms with E-state index in [-0.39, 0.29) is 17.4 Å². The van der Waals surface area contributed by atoms with E-state index >= 15 is 0 Å². The molecule has 118 valence electrons. The van der Waals surface area contributed by atoms with Gasteiger partial charge in [0.2, 0.25) is 0 Å². The van der Waals surface area contributed by atoms with E-state index in [2.05, 4.69) is 26.1 Å². The molecule has 2 atom stereocenters. The van der Waals surface area contributed by atoms with Crippen LogP contribution in [0.3, 0.4) is 0 Å². The van der Waals surface area contributed by atoms with E-state index in [1.165, 1.54) is 7.11 Å². The Morgan fingerprint density at radius 2 is 1.65 bits per heavy atom. The first-order chi connectivity index (χ1) is 8.89. The van der Waals surface area contributed by atoms with Gasteiger partial charge in [-0.1, -0.05) is 20.8 Å². The molecule has 1 heterocycles. The van der Waals surface area contributed by atoms with Gasteiger partial charge in [-0.25, -0.2) is 4.79 Å². The Balaban J connectivity index is 0.000000441. The molecule has 1 fully saturated rings. The van der Waals surface area contributed by atoms with Gasteiger partial charge in [0.05, 0.1) is 7.11 Å². The number of methoxy groups -OCH3 is 1. The normalized spacial score (nSPS) is 22.8. The molecule has 1 rings (SSSR count). The molecule has 8 heteroatoms. The molecule has 0 aliphatic carbocycles. The molecule has 0 radical (unpaired) electrons. The average molecular weight is 299 g/mol. The van der Waals surface area contributed by atoms with Crippen LogP contribution in [0.5, 0.6) is 0 Å². The lowest BCUT2D eigenvalue weighted by Crippen LogP contribution is -2.42. The number of carbonyl (C=O) groups excluding carboxylic acids is 1. The van der Waals surface area contributed by atoms with E-state index in [0.29, 0.717) is 6.04 Å². The number of carbonyl (C=O) groups is 2. The van der Waals surface area contributed by atoms with Crippen molar-refractivity contribution < 1.29 is 32.6 Å². The lowest BCUT2D eigenvalue weighted by molar-refractivity contribution is -0.192. The molecule has 2 N–H and O–H groups in total. The largest absolute Gasteiger partial charge is 0.490 e. The number of carboxylic acid groups (broad SMARTS) is 1. The summed E-state index contributed by atoms with van der Waals surface area (Å²) < 4.78 is 36.4. The van der Waals surface area contributed by atoms with Crippen molar-refractivity contribution in [3.63, 3.8) is 0 Å². The van der Waals surface area contributed by atoms with Crippen LogP contribution in [0.15, 0.2) is 0 Å². The van der Waals surface area contributed by atoms with Gasteiger partial charge in [-0.2, -0.15) is 13.2 Å². The molecule has 0 amide bonds. The van der Waals surface area contributed by atoms with Gasteiger partial charge in [0, 0.05) is 6.04 Å². The van der Waals surface area contributed by atoms with Crippen molar-refractivity contribution in [2.75, 3.05) is 7.11 Å². The smallest absolute Gasteiger partial charge is 0.475 e. The maximum absolute atomic E-state index is 11.2. The Hall–Kier alpha value is -1.31. The molecule has 1 saturated heterocycles. The fourth-order valence-corrected chi connectivity index (χ4v) is 1.75. The number of esters is 1. The van der Waals surface area contributed by atoms with Crippen molar-refractivity contribution in [2.45, 2.75) is 51.9 Å². The third-order valence-electron chi connectivity index (χ3n) is 2.92. The van der Waals surface area contributed by atoms with Crippen LogP contribution < -0.4 is 5.32 Å². The molecule has 0 aromatic heterocycles. The van der Waals surface area contributed by atoms with E-state index in [1.54, 1.807) is 0 Å². The number of hydrogen-bond acceptors (Lipinski definition) is 4. The quantitative estimate of drug-likeness (QED) is 0.724. The lowest BCUT2D eigenvalue weighted by atomic mass is 9.86. The van der Waals surface area contributed by atoms with Crippen molar-refractivity contribution in [2.24, 2.45) is 5.41 Å². The van der Waals surface area contributed by atoms with Gasteiger partial charge in [0.25, 0.3) is 0 Å². The molecule has 5 nitrogen and oxygen atoms in total. The highest BCUT2D eigenvalue weighted by Gasteiger charge is 2.38. The Kier molecular flexibility index (Phi) is 6.46. The highest BCUT2D eigenvalue weighted by Crippen LogP contribution is 2.28. The summed E-state index contributed by atoms with van der Waals surface area (Å²) in [6, 6.07) is 0.339. The molecular weight excluding hydrogens is 279 g/mol. The summed E-state index contributed by atoms with van der Waals surface area (Å²) in [7, 11) is 1.44. The third-order valence-corrected chi connectivity index (χ3v) is 2.92. The number of hydrogen-bond donors (Lipinski definition) is 2. The molecular formula is C12H20F3NO4. The summed E-state index contributed by atoms with van der Waals surface area (Å²) in [6.45, 7) is 6.55. The zero-order valence-electron chi connectivity index (χ0n) is 11.9. The van der Waals surface area contributed by atoms with Crippen molar-refractivity contribution in [1.29, 1.82) is 0 Å². The van der Waals surface area contributed by atoms with Crippen LogP contribution in [-0.4, -0.2) is 42.4 Å². The van der Waals surface area contributed by atoms with Crippen LogP contribution in [-0.2, 0) is 14.3 Å². The molecule has 0 saturated carbocycles. The van der Waals surface area contributed by atoms with Gasteiger partial charge in [-0.05, 0) is 18.3 Å². The summed E-state index contributed by atoms with van der Waals surface area (Å²) in [4.78, 5) is 20.1. The van der Waals surface area contributed by atoms with Crippen LogP contribution in [0.4, 0.5) is 13.2 Å². The van der Waals surface area contributed by atoms with Crippen molar-refractivity contribution in [3.05, 3.63) is 0 Å². The first-order valence-electron chi connectivity index (χ1n) is 6.03. The van der Waals surface area contributed by atoms with Gasteiger partial charge in [0.1, 0.15) is 6.04 Å². The van der Waals surface area contributed by atoms with E-state index in [4.69, 9.17) is 14.6 Å². The Morgan fingerprint density at radius 1 is 1.20 bits per heavy atom. The maximum atomic E-state index is 11.2. The number of carboxylic acids is 1. The van der Waals surface area contributed by atoms with Gasteiger partial charge in [0.15, 0.2) is 0 Å². The molecule has 0 bridgehead atoms. The molecule has 0 aromatic rings. The summed E-state index contributed by atoms with van der Waals surface area (Å²) in [5.74, 6) is -2.89. The second-order valence-electron chi connectivity index (χ2n) is 5.54. The minimum Gasteiger partial charge on any atom is -0.475 e. The second kappa shape index (κ2) is 6.92. The minimum absolute atomic E-state index is 0.0887. The van der Waals surface area contributed by atoms with Crippen molar-refractivity contribution in [1.82, 2.24) is 5.32 Å². The first-order valence-corrected chi connectivity index (χ1v) is 6.03. The van der Waals surface area contributed by atoms with E-state index in [1.807, 2.05) is 0 Å². The second-order valence-corrected chi connectivity index (χ2v) is 5.54. The SMILES string of the molecule is COC(=O)[C@@H]1CC[C@H](C(C)(C)C)N1.O=C(O)C(F)(F)F. The molecule has 1 aliphatic rings.